The van der Waals surface area contributed by atoms with Crippen molar-refractivity contribution in [3.63, 3.8) is 0 Å². The lowest BCUT2D eigenvalue weighted by Crippen LogP contribution is -2.43. The number of anilines is 1. The molecule has 0 unspecified atom stereocenters. The van der Waals surface area contributed by atoms with Crippen LogP contribution in [0.25, 0.3) is 10.3 Å². The van der Waals surface area contributed by atoms with Crippen molar-refractivity contribution in [2.75, 3.05) is 26.2 Å². The van der Waals surface area contributed by atoms with Gasteiger partial charge in [-0.25, -0.2) is 9.97 Å². The van der Waals surface area contributed by atoms with E-state index in [9.17, 15) is 22.8 Å². The molecule has 4 aromatic rings. The maximum atomic E-state index is 14.3. The van der Waals surface area contributed by atoms with Crippen molar-refractivity contribution in [3.05, 3.63) is 75.8 Å². The number of alkyl halides is 3. The third kappa shape index (κ3) is 5.40. The Morgan fingerprint density at radius 3 is 2.48 bits per heavy atom. The van der Waals surface area contributed by atoms with E-state index in [-0.39, 0.29) is 41.5 Å². The molecule has 1 aliphatic carbocycles. The van der Waals surface area contributed by atoms with Crippen molar-refractivity contribution < 1.29 is 27.4 Å². The van der Waals surface area contributed by atoms with Gasteiger partial charge in [0.05, 0.1) is 20.8 Å². The molecule has 0 bridgehead atoms. The summed E-state index contributed by atoms with van der Waals surface area (Å²) >= 11 is 0.978. The average molecular weight is 602 g/mol. The van der Waals surface area contributed by atoms with Crippen LogP contribution in [-0.2, 0) is 23.3 Å². The number of nitrogens with zero attached hydrogens (tertiary/aromatic N) is 4. The quantitative estimate of drug-likeness (QED) is 0.283. The van der Waals surface area contributed by atoms with Gasteiger partial charge in [0.2, 0.25) is 5.91 Å². The number of thiazole rings is 1. The predicted octanol–water partition coefficient (Wildman–Crippen LogP) is 4.65. The summed E-state index contributed by atoms with van der Waals surface area (Å²) in [6.07, 6.45) is -4.93. The normalized spacial score (nSPS) is 14.8. The second-order valence-corrected chi connectivity index (χ2v) is 11.2. The van der Waals surface area contributed by atoms with Crippen LogP contribution in [-0.4, -0.2) is 53.9 Å². The van der Waals surface area contributed by atoms with Gasteiger partial charge in [0.25, 0.3) is 5.56 Å². The number of rotatable bonds is 10. The van der Waals surface area contributed by atoms with E-state index in [2.05, 4.69) is 15.3 Å². The maximum absolute atomic E-state index is 14.3. The molecule has 13 heteroatoms. The van der Waals surface area contributed by atoms with Gasteiger partial charge in [0.1, 0.15) is 28.8 Å². The molecular weight excluding hydrogens is 571 g/mol. The summed E-state index contributed by atoms with van der Waals surface area (Å²) in [7, 11) is 4.56. The van der Waals surface area contributed by atoms with Crippen molar-refractivity contribution in [3.8, 4) is 11.5 Å². The monoisotopic (exact) mass is 601 g/mol. The first-order valence-electron chi connectivity index (χ1n) is 13.2. The van der Waals surface area contributed by atoms with Gasteiger partial charge in [-0.3, -0.25) is 14.2 Å². The van der Waals surface area contributed by atoms with Crippen molar-refractivity contribution in [1.29, 1.82) is 0 Å². The standard InChI is InChI=1S/C29H30F3N5O4S/c1-17(23(38)33-15-18-8-6-5-7-9-18)36(2)27-34-22-24(42-27)35-26(28(12-13-28)29(30,31)32)37(25(22)39)16-19-10-11-20(40-3)14-21(19)41-4/h5-11,14,17H,12-13,15-16H2,1-4H3,(H,33,38)/t17-/m1/s1. The largest absolute Gasteiger partial charge is 0.497 e. The first-order chi connectivity index (χ1) is 20.0. The predicted molar refractivity (Wildman–Crippen MR) is 153 cm³/mol. The van der Waals surface area contributed by atoms with E-state index in [1.54, 1.807) is 37.1 Å². The first-order valence-corrected chi connectivity index (χ1v) is 14.0. The minimum absolute atomic E-state index is 0.0621. The third-order valence-electron chi connectivity index (χ3n) is 7.62. The second-order valence-electron chi connectivity index (χ2n) is 10.2. The Bertz CT molecular complexity index is 1670. The molecular formula is C29H30F3N5O4S. The van der Waals surface area contributed by atoms with Crippen molar-refractivity contribution >= 4 is 32.7 Å². The third-order valence-corrected chi connectivity index (χ3v) is 8.66. The zero-order valence-corrected chi connectivity index (χ0v) is 24.3. The van der Waals surface area contributed by atoms with E-state index in [1.807, 2.05) is 30.3 Å². The number of likely N-dealkylation sites (N-methyl/N-ethyl adjacent to an activating group) is 1. The molecule has 1 fully saturated rings. The number of nitrogens with one attached hydrogen (secondary N) is 1. The highest BCUT2D eigenvalue weighted by atomic mass is 32.1. The minimum Gasteiger partial charge on any atom is -0.497 e. The summed E-state index contributed by atoms with van der Waals surface area (Å²) in [5.74, 6) is 0.238. The Balaban J connectivity index is 1.52. The molecule has 2 heterocycles. The van der Waals surface area contributed by atoms with Crippen LogP contribution in [0.15, 0.2) is 53.3 Å². The van der Waals surface area contributed by atoms with Gasteiger partial charge in [0.15, 0.2) is 15.5 Å². The van der Waals surface area contributed by atoms with Crippen LogP contribution in [0.2, 0.25) is 0 Å². The molecule has 1 amide bonds. The van der Waals surface area contributed by atoms with Crippen LogP contribution in [0.5, 0.6) is 11.5 Å². The number of carbonyl (C=O) groups excluding carboxylic acids is 1. The Labute approximate surface area is 243 Å². The van der Waals surface area contributed by atoms with Crippen molar-refractivity contribution in [1.82, 2.24) is 19.9 Å². The second kappa shape index (κ2) is 11.3. The SMILES string of the molecule is COc1ccc(Cn2c(C3(C(F)(F)F)CC3)nc3sc(N(C)[C@H](C)C(=O)NCc4ccccc4)nc3c2=O)c(OC)c1. The highest BCUT2D eigenvalue weighted by Crippen LogP contribution is 2.58. The number of halogens is 3. The number of ether oxygens (including phenoxy) is 2. The van der Waals surface area contributed by atoms with Gasteiger partial charge in [-0.2, -0.15) is 13.2 Å². The lowest BCUT2D eigenvalue weighted by molar-refractivity contribution is -0.163. The van der Waals surface area contributed by atoms with E-state index >= 15 is 0 Å². The molecule has 0 radical (unpaired) electrons. The number of aromatic nitrogens is 3. The van der Waals surface area contributed by atoms with Crippen molar-refractivity contribution in [2.24, 2.45) is 0 Å². The number of fused-ring (bicyclic) bond motifs is 1. The minimum atomic E-state index is -4.60. The lowest BCUT2D eigenvalue weighted by atomic mass is 10.0. The van der Waals surface area contributed by atoms with Gasteiger partial charge in [0, 0.05) is 25.2 Å². The number of amides is 1. The number of hydrogen-bond donors (Lipinski definition) is 1. The van der Waals surface area contributed by atoms with Crippen LogP contribution in [0, 0.1) is 0 Å². The fourth-order valence-electron chi connectivity index (χ4n) is 4.75. The summed E-state index contributed by atoms with van der Waals surface area (Å²) in [6.45, 7) is 1.81. The molecule has 1 atom stereocenters. The fraction of sp³-hybridized carbons (Fsp3) is 0.379. The Hall–Kier alpha value is -4.13. The molecule has 0 saturated heterocycles. The zero-order valence-electron chi connectivity index (χ0n) is 23.5. The highest BCUT2D eigenvalue weighted by Gasteiger charge is 2.67. The molecule has 0 aliphatic heterocycles. The summed E-state index contributed by atoms with van der Waals surface area (Å²) < 4.78 is 54.7. The van der Waals surface area contributed by atoms with E-state index in [1.165, 1.54) is 14.2 Å². The van der Waals surface area contributed by atoms with Crippen LogP contribution >= 0.6 is 11.3 Å². The molecule has 222 valence electrons. The smallest absolute Gasteiger partial charge is 0.401 e. The van der Waals surface area contributed by atoms with E-state index in [0.717, 1.165) is 21.5 Å². The number of benzene rings is 2. The molecule has 1 N–H and O–H groups in total. The average Bonchev–Trinajstić information content (AvgIpc) is 3.70. The van der Waals surface area contributed by atoms with Gasteiger partial charge >= 0.3 is 6.18 Å². The van der Waals surface area contributed by atoms with Crippen molar-refractivity contribution in [2.45, 2.75) is 50.5 Å². The molecule has 0 spiro atoms. The number of hydrogen-bond acceptors (Lipinski definition) is 8. The van der Waals surface area contributed by atoms with Crippen LogP contribution < -0.4 is 25.2 Å². The Morgan fingerprint density at radius 1 is 1.14 bits per heavy atom. The van der Waals surface area contributed by atoms with E-state index in [0.29, 0.717) is 28.7 Å². The molecule has 2 aromatic carbocycles. The van der Waals surface area contributed by atoms with Gasteiger partial charge < -0.3 is 19.7 Å². The highest BCUT2D eigenvalue weighted by molar-refractivity contribution is 7.21. The summed E-state index contributed by atoms with van der Waals surface area (Å²) in [6, 6.07) is 13.6. The first kappa shape index (κ1) is 29.4. The fourth-order valence-corrected chi connectivity index (χ4v) is 5.72. The number of methoxy groups -OCH3 is 2. The van der Waals surface area contributed by atoms with E-state index in [4.69, 9.17) is 9.47 Å². The number of carbonyl (C=O) groups is 1. The maximum Gasteiger partial charge on any atom is 0.401 e. The molecule has 1 saturated carbocycles. The summed E-state index contributed by atoms with van der Waals surface area (Å²) in [5, 5.41) is 3.16. The zero-order chi connectivity index (χ0) is 30.2. The van der Waals surface area contributed by atoms with E-state index < -0.39 is 23.2 Å². The molecule has 9 nitrogen and oxygen atoms in total. The van der Waals surface area contributed by atoms with Gasteiger partial charge in [-0.05, 0) is 37.5 Å². The summed E-state index contributed by atoms with van der Waals surface area (Å²) in [5.41, 5.74) is -1.56. The lowest BCUT2D eigenvalue weighted by Gasteiger charge is -2.23. The van der Waals surface area contributed by atoms with Crippen LogP contribution in [0.1, 0.15) is 36.7 Å². The van der Waals surface area contributed by atoms with Crippen LogP contribution in [0.4, 0.5) is 18.3 Å². The molecule has 2 aromatic heterocycles. The molecule has 5 rings (SSSR count). The summed E-state index contributed by atoms with van der Waals surface area (Å²) in [4.78, 5) is 37.2. The van der Waals surface area contributed by atoms with Gasteiger partial charge in [-0.1, -0.05) is 41.7 Å². The topological polar surface area (TPSA) is 98.6 Å². The Kier molecular flexibility index (Phi) is 7.88. The van der Waals surface area contributed by atoms with Gasteiger partial charge in [-0.15, -0.1) is 0 Å². The molecule has 42 heavy (non-hydrogen) atoms. The Morgan fingerprint density at radius 2 is 1.86 bits per heavy atom. The van der Waals surface area contributed by atoms with Crippen LogP contribution in [0.3, 0.4) is 0 Å². The molecule has 1 aliphatic rings.